The second kappa shape index (κ2) is 6.24. The van der Waals surface area contributed by atoms with E-state index < -0.39 is 0 Å². The molecule has 0 amide bonds. The van der Waals surface area contributed by atoms with Crippen molar-refractivity contribution in [2.24, 2.45) is 0 Å². The first-order valence-corrected chi connectivity index (χ1v) is 8.79. The van der Waals surface area contributed by atoms with Crippen molar-refractivity contribution in [3.05, 3.63) is 5.82 Å². The lowest BCUT2D eigenvalue weighted by Crippen LogP contribution is -2.16. The van der Waals surface area contributed by atoms with E-state index in [9.17, 15) is 0 Å². The minimum Gasteiger partial charge on any atom is -0.477 e. The smallest absolute Gasteiger partial charge is 0.236 e. The number of thioether (sulfide) groups is 1. The highest BCUT2D eigenvalue weighted by Crippen LogP contribution is 2.35. The van der Waals surface area contributed by atoms with Gasteiger partial charge in [0.15, 0.2) is 9.99 Å². The van der Waals surface area contributed by atoms with E-state index in [1.54, 1.807) is 23.1 Å². The summed E-state index contributed by atoms with van der Waals surface area (Å²) < 4.78 is 13.0. The zero-order valence-corrected chi connectivity index (χ0v) is 13.2. The zero-order chi connectivity index (χ0) is 13.9. The van der Waals surface area contributed by atoms with Crippen molar-refractivity contribution in [3.63, 3.8) is 0 Å². The minimum atomic E-state index is 0.354. The topological polar surface area (TPSA) is 57.1 Å². The molecule has 1 saturated heterocycles. The molecule has 2 aromatic rings. The Morgan fingerprint density at radius 3 is 2.80 bits per heavy atom. The van der Waals surface area contributed by atoms with Crippen LogP contribution in [0.1, 0.15) is 31.5 Å². The summed E-state index contributed by atoms with van der Waals surface area (Å²) in [6, 6.07) is 0. The molecule has 5 nitrogen and oxygen atoms in total. The first-order valence-electron chi connectivity index (χ1n) is 6.74. The Kier molecular flexibility index (Phi) is 4.38. The lowest BCUT2D eigenvalue weighted by Gasteiger charge is -2.20. The van der Waals surface area contributed by atoms with Crippen LogP contribution in [0.15, 0.2) is 4.34 Å². The highest BCUT2D eigenvalue weighted by molar-refractivity contribution is 8.00. The molecule has 0 aliphatic carbocycles. The summed E-state index contributed by atoms with van der Waals surface area (Å²) in [6.07, 6.45) is 3.96. The van der Waals surface area contributed by atoms with Gasteiger partial charge < -0.3 is 9.47 Å². The largest absolute Gasteiger partial charge is 0.477 e. The van der Waals surface area contributed by atoms with Gasteiger partial charge in [-0.2, -0.15) is 4.98 Å². The highest BCUT2D eigenvalue weighted by atomic mass is 32.2. The van der Waals surface area contributed by atoms with Crippen LogP contribution < -0.4 is 4.74 Å². The fraction of sp³-hybridized carbons (Fsp3) is 0.615. The Hall–Kier alpha value is -0.920. The molecule has 0 radical (unpaired) electrons. The average Bonchev–Trinajstić information content (AvgIpc) is 2.92. The summed E-state index contributed by atoms with van der Waals surface area (Å²) in [5.41, 5.74) is 0.763. The van der Waals surface area contributed by atoms with E-state index in [1.165, 1.54) is 0 Å². The zero-order valence-electron chi connectivity index (χ0n) is 11.6. The summed E-state index contributed by atoms with van der Waals surface area (Å²) in [5.74, 6) is 1.88. The maximum atomic E-state index is 5.69. The van der Waals surface area contributed by atoms with Crippen molar-refractivity contribution in [2.75, 3.05) is 26.1 Å². The van der Waals surface area contributed by atoms with Gasteiger partial charge in [-0.15, -0.1) is 11.3 Å². The lowest BCUT2D eigenvalue weighted by atomic mass is 9.99. The molecule has 1 aliphatic rings. The van der Waals surface area contributed by atoms with Gasteiger partial charge in [-0.3, -0.25) is 0 Å². The number of aromatic nitrogens is 3. The quantitative estimate of drug-likeness (QED) is 0.809. The Balaban J connectivity index is 2.03. The molecular formula is C13H17N3O2S2. The number of thiazole rings is 1. The van der Waals surface area contributed by atoms with Crippen molar-refractivity contribution in [1.82, 2.24) is 15.0 Å². The molecule has 0 N–H and O–H groups in total. The van der Waals surface area contributed by atoms with Crippen molar-refractivity contribution < 1.29 is 9.47 Å². The van der Waals surface area contributed by atoms with Gasteiger partial charge in [0.2, 0.25) is 5.88 Å². The van der Waals surface area contributed by atoms with Crippen molar-refractivity contribution in [1.29, 1.82) is 0 Å². The number of ether oxygens (including phenoxy) is 2. The van der Waals surface area contributed by atoms with E-state index in [4.69, 9.17) is 9.47 Å². The predicted molar refractivity (Wildman–Crippen MR) is 81.0 cm³/mol. The second-order valence-corrected chi connectivity index (χ2v) is 6.60. The molecular weight excluding hydrogens is 294 g/mol. The van der Waals surface area contributed by atoms with Crippen LogP contribution in [-0.4, -0.2) is 41.0 Å². The van der Waals surface area contributed by atoms with Crippen LogP contribution in [0.25, 0.3) is 10.3 Å². The molecule has 20 heavy (non-hydrogen) atoms. The van der Waals surface area contributed by atoms with E-state index in [2.05, 4.69) is 15.0 Å². The van der Waals surface area contributed by atoms with Gasteiger partial charge in [0.05, 0.1) is 6.61 Å². The number of fused-ring (bicyclic) bond motifs is 1. The molecule has 2 aromatic heterocycles. The van der Waals surface area contributed by atoms with E-state index in [-0.39, 0.29) is 0 Å². The lowest BCUT2D eigenvalue weighted by molar-refractivity contribution is 0.0835. The van der Waals surface area contributed by atoms with Gasteiger partial charge in [0.25, 0.3) is 0 Å². The molecule has 0 bridgehead atoms. The van der Waals surface area contributed by atoms with Crippen LogP contribution in [0.5, 0.6) is 5.88 Å². The summed E-state index contributed by atoms with van der Waals surface area (Å²) in [6.45, 7) is 4.14. The van der Waals surface area contributed by atoms with Crippen LogP contribution in [0, 0.1) is 0 Å². The molecule has 0 saturated carbocycles. The Morgan fingerprint density at radius 2 is 2.10 bits per heavy atom. The minimum absolute atomic E-state index is 0.354. The molecule has 3 heterocycles. The summed E-state index contributed by atoms with van der Waals surface area (Å²) in [4.78, 5) is 13.8. The van der Waals surface area contributed by atoms with E-state index in [0.29, 0.717) is 18.4 Å². The van der Waals surface area contributed by atoms with Gasteiger partial charge in [-0.1, -0.05) is 11.8 Å². The van der Waals surface area contributed by atoms with Crippen molar-refractivity contribution in [2.45, 2.75) is 30.0 Å². The van der Waals surface area contributed by atoms with Crippen LogP contribution in [0.4, 0.5) is 0 Å². The molecule has 0 aromatic carbocycles. The van der Waals surface area contributed by atoms with Gasteiger partial charge in [0, 0.05) is 19.1 Å². The normalized spacial score (nSPS) is 16.7. The molecule has 0 unspecified atom stereocenters. The third kappa shape index (κ3) is 2.75. The standard InChI is InChI=1S/C13H17N3O2S2/c1-3-18-12-9-11(16-13(19-2)20-9)14-10(15-12)8-4-6-17-7-5-8/h8H,3-7H2,1-2H3. The summed E-state index contributed by atoms with van der Waals surface area (Å²) in [5, 5.41) is 0. The number of hydrogen-bond acceptors (Lipinski definition) is 7. The monoisotopic (exact) mass is 311 g/mol. The molecule has 1 fully saturated rings. The number of rotatable bonds is 4. The SMILES string of the molecule is CCOc1nc(C2CCOCC2)nc2nc(SC)sc12. The third-order valence-corrected chi connectivity index (χ3v) is 5.28. The van der Waals surface area contributed by atoms with Gasteiger partial charge in [-0.05, 0) is 26.0 Å². The first-order chi connectivity index (χ1) is 9.81. The van der Waals surface area contributed by atoms with E-state index in [1.807, 2.05) is 13.2 Å². The summed E-state index contributed by atoms with van der Waals surface area (Å²) in [7, 11) is 0. The fourth-order valence-electron chi connectivity index (χ4n) is 2.26. The Bertz CT molecular complexity index is 597. The van der Waals surface area contributed by atoms with Crippen LogP contribution in [0.3, 0.4) is 0 Å². The fourth-order valence-corrected chi connectivity index (χ4v) is 3.70. The summed E-state index contributed by atoms with van der Waals surface area (Å²) >= 11 is 3.22. The maximum absolute atomic E-state index is 5.69. The molecule has 7 heteroatoms. The van der Waals surface area contributed by atoms with Crippen molar-refractivity contribution in [3.8, 4) is 5.88 Å². The molecule has 0 spiro atoms. The van der Waals surface area contributed by atoms with E-state index >= 15 is 0 Å². The predicted octanol–water partition coefficient (Wildman–Crippen LogP) is 3.10. The molecule has 1 aliphatic heterocycles. The average molecular weight is 311 g/mol. The van der Waals surface area contributed by atoms with Gasteiger partial charge in [0.1, 0.15) is 10.5 Å². The van der Waals surface area contributed by atoms with Gasteiger partial charge >= 0.3 is 0 Å². The van der Waals surface area contributed by atoms with E-state index in [0.717, 1.165) is 46.6 Å². The maximum Gasteiger partial charge on any atom is 0.236 e. The van der Waals surface area contributed by atoms with Crippen LogP contribution >= 0.6 is 23.1 Å². The number of nitrogens with zero attached hydrogens (tertiary/aromatic N) is 3. The van der Waals surface area contributed by atoms with Crippen LogP contribution in [0.2, 0.25) is 0 Å². The molecule has 3 rings (SSSR count). The third-order valence-electron chi connectivity index (χ3n) is 3.26. The molecule has 0 atom stereocenters. The molecule has 108 valence electrons. The second-order valence-electron chi connectivity index (χ2n) is 4.54. The number of hydrogen-bond donors (Lipinski definition) is 0. The Morgan fingerprint density at radius 1 is 1.30 bits per heavy atom. The first kappa shape index (κ1) is 14.0. The van der Waals surface area contributed by atoms with Gasteiger partial charge in [-0.25, -0.2) is 9.97 Å². The van der Waals surface area contributed by atoms with Crippen LogP contribution in [-0.2, 0) is 4.74 Å². The highest BCUT2D eigenvalue weighted by Gasteiger charge is 2.22. The van der Waals surface area contributed by atoms with Crippen molar-refractivity contribution >= 4 is 33.4 Å². The Labute approximate surface area is 126 Å².